The zero-order valence-electron chi connectivity index (χ0n) is 19.8. The van der Waals surface area contributed by atoms with E-state index in [0.717, 1.165) is 36.8 Å². The number of aromatic nitrogens is 2. The summed E-state index contributed by atoms with van der Waals surface area (Å²) in [5, 5.41) is 7.52. The molecule has 176 valence electrons. The van der Waals surface area contributed by atoms with Crippen LogP contribution in [0.2, 0.25) is 0 Å². The van der Waals surface area contributed by atoms with Crippen molar-refractivity contribution in [1.29, 1.82) is 0 Å². The van der Waals surface area contributed by atoms with Gasteiger partial charge in [-0.3, -0.25) is 19.2 Å². The van der Waals surface area contributed by atoms with E-state index in [2.05, 4.69) is 10.4 Å². The number of aryl methyl sites for hydroxylation is 2. The van der Waals surface area contributed by atoms with Gasteiger partial charge in [0.15, 0.2) is 5.69 Å². The molecule has 1 aliphatic carbocycles. The van der Waals surface area contributed by atoms with Crippen LogP contribution in [-0.4, -0.2) is 46.3 Å². The fourth-order valence-corrected chi connectivity index (χ4v) is 4.98. The number of hydrogen-bond acceptors (Lipinski definition) is 5. The number of amides is 2. The number of anilines is 1. The van der Waals surface area contributed by atoms with Gasteiger partial charge >= 0.3 is 5.97 Å². The van der Waals surface area contributed by atoms with Crippen molar-refractivity contribution in [2.45, 2.75) is 77.4 Å². The lowest BCUT2D eigenvalue weighted by Gasteiger charge is -2.44. The summed E-state index contributed by atoms with van der Waals surface area (Å²) in [4.78, 5) is 41.2. The molecular weight excluding hydrogens is 420 g/mol. The van der Waals surface area contributed by atoms with E-state index < -0.39 is 11.5 Å². The Kier molecular flexibility index (Phi) is 6.28. The molecule has 0 unspecified atom stereocenters. The first-order valence-corrected chi connectivity index (χ1v) is 11.6. The molecule has 33 heavy (non-hydrogen) atoms. The summed E-state index contributed by atoms with van der Waals surface area (Å²) in [7, 11) is 1.27. The number of rotatable bonds is 4. The largest absolute Gasteiger partial charge is 0.464 e. The molecule has 1 fully saturated rings. The summed E-state index contributed by atoms with van der Waals surface area (Å²) < 4.78 is 6.25. The Morgan fingerprint density at radius 1 is 1.12 bits per heavy atom. The van der Waals surface area contributed by atoms with Crippen LogP contribution in [0, 0.1) is 13.8 Å². The highest BCUT2D eigenvalue weighted by molar-refractivity contribution is 6.12. The molecule has 1 aromatic carbocycles. The standard InChI is InChI=1S/C25H32N4O4/c1-16-11-12-20(17(2)13-16)29-22(30)21-14-19(23(31)33-4)27-28(21)15-25(29,3)24(32)26-18-9-7-5-6-8-10-18/h11-14,18H,5-10,15H2,1-4H3,(H,26,32)/t25-/m0/s1. The molecule has 2 amide bonds. The van der Waals surface area contributed by atoms with Crippen molar-refractivity contribution in [3.05, 3.63) is 46.8 Å². The van der Waals surface area contributed by atoms with Gasteiger partial charge in [0, 0.05) is 17.8 Å². The van der Waals surface area contributed by atoms with Gasteiger partial charge in [-0.15, -0.1) is 0 Å². The van der Waals surface area contributed by atoms with Crippen LogP contribution >= 0.6 is 0 Å². The van der Waals surface area contributed by atoms with Gasteiger partial charge in [-0.05, 0) is 45.2 Å². The van der Waals surface area contributed by atoms with Crippen LogP contribution in [0.5, 0.6) is 0 Å². The summed E-state index contributed by atoms with van der Waals surface area (Å²) in [6.07, 6.45) is 6.44. The zero-order valence-corrected chi connectivity index (χ0v) is 19.8. The smallest absolute Gasteiger partial charge is 0.358 e. The van der Waals surface area contributed by atoms with E-state index >= 15 is 0 Å². The fraction of sp³-hybridized carbons (Fsp3) is 0.520. The number of benzene rings is 1. The molecular formula is C25H32N4O4. The van der Waals surface area contributed by atoms with Gasteiger partial charge in [-0.2, -0.15) is 5.10 Å². The Bertz CT molecular complexity index is 1080. The van der Waals surface area contributed by atoms with E-state index in [1.165, 1.54) is 30.7 Å². The lowest BCUT2D eigenvalue weighted by molar-refractivity contribution is -0.127. The monoisotopic (exact) mass is 452 g/mol. The first-order valence-electron chi connectivity index (χ1n) is 11.6. The van der Waals surface area contributed by atoms with E-state index in [1.807, 2.05) is 32.0 Å². The molecule has 8 heteroatoms. The lowest BCUT2D eigenvalue weighted by atomic mass is 9.92. The average Bonchev–Trinajstić information content (AvgIpc) is 3.03. The predicted molar refractivity (Wildman–Crippen MR) is 124 cm³/mol. The molecule has 1 aliphatic heterocycles. The number of carbonyl (C=O) groups is 3. The summed E-state index contributed by atoms with van der Waals surface area (Å²) in [5.74, 6) is -1.19. The van der Waals surface area contributed by atoms with Crippen LogP contribution in [0.3, 0.4) is 0 Å². The maximum atomic E-state index is 13.8. The van der Waals surface area contributed by atoms with Gasteiger partial charge < -0.3 is 10.1 Å². The highest BCUT2D eigenvalue weighted by atomic mass is 16.5. The van der Waals surface area contributed by atoms with Crippen LogP contribution < -0.4 is 10.2 Å². The molecule has 1 saturated carbocycles. The summed E-state index contributed by atoms with van der Waals surface area (Å²) in [6.45, 7) is 5.84. The Morgan fingerprint density at radius 3 is 2.45 bits per heavy atom. The maximum Gasteiger partial charge on any atom is 0.358 e. The quantitative estimate of drug-likeness (QED) is 0.566. The third-order valence-corrected chi connectivity index (χ3v) is 6.82. The Balaban J connectivity index is 1.77. The number of ether oxygens (including phenoxy) is 1. The molecule has 2 heterocycles. The highest BCUT2D eigenvalue weighted by Crippen LogP contribution is 2.35. The van der Waals surface area contributed by atoms with E-state index in [4.69, 9.17) is 4.74 Å². The number of nitrogens with one attached hydrogen (secondary N) is 1. The lowest BCUT2D eigenvalue weighted by Crippen LogP contribution is -2.65. The van der Waals surface area contributed by atoms with Crippen molar-refractivity contribution in [2.75, 3.05) is 12.0 Å². The number of fused-ring (bicyclic) bond motifs is 1. The molecule has 0 bridgehead atoms. The van der Waals surface area contributed by atoms with E-state index in [-0.39, 0.29) is 35.8 Å². The third-order valence-electron chi connectivity index (χ3n) is 6.82. The zero-order chi connectivity index (χ0) is 23.8. The second kappa shape index (κ2) is 9.00. The van der Waals surface area contributed by atoms with Crippen LogP contribution in [0.15, 0.2) is 24.3 Å². The molecule has 1 aromatic heterocycles. The van der Waals surface area contributed by atoms with Gasteiger partial charge in [0.05, 0.1) is 13.7 Å². The number of nitrogens with zero attached hydrogens (tertiary/aromatic N) is 3. The molecule has 0 spiro atoms. The van der Waals surface area contributed by atoms with Crippen molar-refractivity contribution in [3.63, 3.8) is 0 Å². The van der Waals surface area contributed by atoms with Crippen molar-refractivity contribution >= 4 is 23.5 Å². The molecule has 4 rings (SSSR count). The van der Waals surface area contributed by atoms with Crippen LogP contribution in [0.4, 0.5) is 5.69 Å². The minimum Gasteiger partial charge on any atom is -0.464 e. The second-order valence-corrected chi connectivity index (χ2v) is 9.43. The van der Waals surface area contributed by atoms with E-state index in [9.17, 15) is 14.4 Å². The Labute approximate surface area is 194 Å². The topological polar surface area (TPSA) is 93.5 Å². The number of methoxy groups -OCH3 is 1. The number of esters is 1. The summed E-state index contributed by atoms with van der Waals surface area (Å²) in [6, 6.07) is 7.35. The minimum atomic E-state index is -1.21. The number of hydrogen-bond donors (Lipinski definition) is 1. The van der Waals surface area contributed by atoms with Crippen molar-refractivity contribution in [1.82, 2.24) is 15.1 Å². The maximum absolute atomic E-state index is 13.8. The molecule has 2 aliphatic rings. The van der Waals surface area contributed by atoms with Crippen molar-refractivity contribution in [2.24, 2.45) is 0 Å². The molecule has 1 N–H and O–H groups in total. The van der Waals surface area contributed by atoms with Crippen molar-refractivity contribution in [3.8, 4) is 0 Å². The first kappa shape index (κ1) is 23.0. The Morgan fingerprint density at radius 2 is 1.82 bits per heavy atom. The second-order valence-electron chi connectivity index (χ2n) is 9.43. The van der Waals surface area contributed by atoms with Crippen LogP contribution in [0.25, 0.3) is 0 Å². The van der Waals surface area contributed by atoms with Gasteiger partial charge in [-0.1, -0.05) is 43.4 Å². The minimum absolute atomic E-state index is 0.0508. The van der Waals surface area contributed by atoms with Crippen LogP contribution in [0.1, 0.15) is 77.6 Å². The molecule has 2 aromatic rings. The highest BCUT2D eigenvalue weighted by Gasteiger charge is 2.49. The van der Waals surface area contributed by atoms with Crippen LogP contribution in [-0.2, 0) is 16.1 Å². The first-order chi connectivity index (χ1) is 15.7. The Hall–Kier alpha value is -3.16. The fourth-order valence-electron chi connectivity index (χ4n) is 4.98. The number of carbonyl (C=O) groups excluding carboxylic acids is 3. The van der Waals surface area contributed by atoms with E-state index in [1.54, 1.807) is 11.8 Å². The molecule has 1 atom stereocenters. The third kappa shape index (κ3) is 4.26. The normalized spacial score (nSPS) is 21.3. The van der Waals surface area contributed by atoms with Gasteiger partial charge in [0.2, 0.25) is 5.91 Å². The van der Waals surface area contributed by atoms with Gasteiger partial charge in [0.1, 0.15) is 11.2 Å². The van der Waals surface area contributed by atoms with Gasteiger partial charge in [0.25, 0.3) is 5.91 Å². The summed E-state index contributed by atoms with van der Waals surface area (Å²) in [5.41, 5.74) is 1.75. The van der Waals surface area contributed by atoms with Crippen molar-refractivity contribution < 1.29 is 19.1 Å². The average molecular weight is 453 g/mol. The summed E-state index contributed by atoms with van der Waals surface area (Å²) >= 11 is 0. The predicted octanol–water partition coefficient (Wildman–Crippen LogP) is 3.54. The van der Waals surface area contributed by atoms with E-state index in [0.29, 0.717) is 5.69 Å². The molecule has 8 nitrogen and oxygen atoms in total. The molecule has 0 radical (unpaired) electrons. The van der Waals surface area contributed by atoms with Gasteiger partial charge in [-0.25, -0.2) is 4.79 Å². The molecule has 0 saturated heterocycles. The SMILES string of the molecule is COC(=O)c1cc2n(n1)C[C@@](C)(C(=O)NC1CCCCCC1)N(c1ccc(C)cc1C)C2=O.